The van der Waals surface area contributed by atoms with Crippen LogP contribution < -0.4 is 10.6 Å². The van der Waals surface area contributed by atoms with E-state index in [0.29, 0.717) is 5.56 Å². The van der Waals surface area contributed by atoms with Crippen LogP contribution in [0, 0.1) is 11.6 Å². The minimum atomic E-state index is -0.683. The van der Waals surface area contributed by atoms with Crippen molar-refractivity contribution in [3.05, 3.63) is 53.4 Å². The van der Waals surface area contributed by atoms with Crippen LogP contribution in [0.2, 0.25) is 0 Å². The summed E-state index contributed by atoms with van der Waals surface area (Å²) in [6, 6.07) is 2.67. The van der Waals surface area contributed by atoms with E-state index in [-0.39, 0.29) is 30.4 Å². The molecular weight excluding hydrogens is 314 g/mol. The molecular formula is C14H17ClF2N4O. The molecule has 1 aromatic carbocycles. The average molecular weight is 331 g/mol. The predicted molar refractivity (Wildman–Crippen MR) is 80.5 cm³/mol. The van der Waals surface area contributed by atoms with Crippen LogP contribution in [0.1, 0.15) is 17.2 Å². The fraction of sp³-hybridized carbons (Fsp3) is 0.286. The smallest absolute Gasteiger partial charge is 0.242 e. The van der Waals surface area contributed by atoms with Crippen LogP contribution in [0.25, 0.3) is 0 Å². The number of hydrogen-bond donors (Lipinski definition) is 2. The summed E-state index contributed by atoms with van der Waals surface area (Å²) in [6.45, 7) is -0.0105. The van der Waals surface area contributed by atoms with Crippen molar-refractivity contribution in [2.24, 2.45) is 7.05 Å². The third kappa shape index (κ3) is 4.25. The highest BCUT2D eigenvalue weighted by molar-refractivity contribution is 5.85. The van der Waals surface area contributed by atoms with Crippen molar-refractivity contribution in [3.8, 4) is 0 Å². The summed E-state index contributed by atoms with van der Waals surface area (Å²) in [6.07, 6.45) is 3.30. The number of hydrogen-bond acceptors (Lipinski definition) is 3. The lowest BCUT2D eigenvalue weighted by molar-refractivity contribution is -0.123. The second-order valence-corrected chi connectivity index (χ2v) is 4.62. The summed E-state index contributed by atoms with van der Waals surface area (Å²) in [5.74, 6) is -1.64. The van der Waals surface area contributed by atoms with E-state index in [1.165, 1.54) is 6.07 Å². The molecule has 2 rings (SSSR count). The number of carbonyl (C=O) groups is 1. The molecule has 1 unspecified atom stereocenters. The van der Waals surface area contributed by atoms with Gasteiger partial charge in [-0.15, -0.1) is 12.4 Å². The van der Waals surface area contributed by atoms with Gasteiger partial charge in [0.05, 0.1) is 6.20 Å². The van der Waals surface area contributed by atoms with Crippen molar-refractivity contribution in [2.75, 3.05) is 7.05 Å². The summed E-state index contributed by atoms with van der Waals surface area (Å²) in [5.41, 5.74) is 0.933. The Balaban J connectivity index is 0.00000242. The highest BCUT2D eigenvalue weighted by Gasteiger charge is 2.20. The van der Waals surface area contributed by atoms with Gasteiger partial charge in [0.1, 0.15) is 17.7 Å². The van der Waals surface area contributed by atoms with Gasteiger partial charge in [-0.1, -0.05) is 6.07 Å². The first-order valence-electron chi connectivity index (χ1n) is 6.38. The Bertz CT molecular complexity index is 648. The van der Waals surface area contributed by atoms with Gasteiger partial charge in [0, 0.05) is 37.0 Å². The number of nitrogens with one attached hydrogen (secondary N) is 2. The molecule has 0 fully saturated rings. The number of nitrogens with zero attached hydrogens (tertiary/aromatic N) is 2. The van der Waals surface area contributed by atoms with Crippen LogP contribution in [-0.4, -0.2) is 22.7 Å². The second-order valence-electron chi connectivity index (χ2n) is 4.62. The quantitative estimate of drug-likeness (QED) is 0.877. The second kappa shape index (κ2) is 7.86. The Labute approximate surface area is 133 Å². The number of amides is 1. The van der Waals surface area contributed by atoms with E-state index in [1.807, 2.05) is 0 Å². The van der Waals surface area contributed by atoms with Gasteiger partial charge < -0.3 is 10.6 Å². The van der Waals surface area contributed by atoms with Gasteiger partial charge in [0.25, 0.3) is 0 Å². The third-order valence-electron chi connectivity index (χ3n) is 3.08. The van der Waals surface area contributed by atoms with Crippen LogP contribution in [0.4, 0.5) is 8.78 Å². The van der Waals surface area contributed by atoms with Gasteiger partial charge in [-0.2, -0.15) is 5.10 Å². The molecule has 120 valence electrons. The SMILES string of the molecule is CNC(C(=O)NCc1ccc(F)cc1F)c1cnn(C)c1.Cl. The topological polar surface area (TPSA) is 59.0 Å². The van der Waals surface area contributed by atoms with E-state index in [2.05, 4.69) is 15.7 Å². The number of aryl methyl sites for hydroxylation is 1. The van der Waals surface area contributed by atoms with Crippen molar-refractivity contribution in [1.29, 1.82) is 0 Å². The molecule has 2 aromatic rings. The highest BCUT2D eigenvalue weighted by atomic mass is 35.5. The van der Waals surface area contributed by atoms with Crippen molar-refractivity contribution in [3.63, 3.8) is 0 Å². The number of carbonyl (C=O) groups excluding carboxylic acids is 1. The Morgan fingerprint density at radius 1 is 1.41 bits per heavy atom. The van der Waals surface area contributed by atoms with E-state index in [4.69, 9.17) is 0 Å². The van der Waals surface area contributed by atoms with Crippen molar-refractivity contribution in [1.82, 2.24) is 20.4 Å². The molecule has 2 N–H and O–H groups in total. The van der Waals surface area contributed by atoms with E-state index in [9.17, 15) is 13.6 Å². The molecule has 8 heteroatoms. The summed E-state index contributed by atoms with van der Waals surface area (Å²) < 4.78 is 27.9. The maximum atomic E-state index is 13.5. The molecule has 0 aliphatic rings. The standard InChI is InChI=1S/C14H16F2N4O.ClH/c1-17-13(10-7-19-20(2)8-10)14(21)18-6-9-3-4-11(15)5-12(9)16;/h3-5,7-8,13,17H,6H2,1-2H3,(H,18,21);1H. The van der Waals surface area contributed by atoms with Crippen LogP contribution >= 0.6 is 12.4 Å². The molecule has 1 amide bonds. The summed E-state index contributed by atoms with van der Waals surface area (Å²) in [4.78, 5) is 12.1. The molecule has 0 aliphatic heterocycles. The van der Waals surface area contributed by atoms with Gasteiger partial charge in [-0.3, -0.25) is 9.48 Å². The van der Waals surface area contributed by atoms with E-state index in [1.54, 1.807) is 31.2 Å². The number of likely N-dealkylation sites (N-methyl/N-ethyl adjacent to an activating group) is 1. The monoisotopic (exact) mass is 330 g/mol. The Kier molecular flexibility index (Phi) is 6.45. The maximum absolute atomic E-state index is 13.5. The molecule has 1 heterocycles. The van der Waals surface area contributed by atoms with Gasteiger partial charge in [0.2, 0.25) is 5.91 Å². The minimum absolute atomic E-state index is 0. The lowest BCUT2D eigenvalue weighted by Crippen LogP contribution is -2.35. The zero-order valence-electron chi connectivity index (χ0n) is 12.1. The van der Waals surface area contributed by atoms with Gasteiger partial charge in [-0.25, -0.2) is 8.78 Å². The normalized spacial score (nSPS) is 11.6. The molecule has 1 aromatic heterocycles. The number of aromatic nitrogens is 2. The number of rotatable bonds is 5. The third-order valence-corrected chi connectivity index (χ3v) is 3.08. The van der Waals surface area contributed by atoms with Gasteiger partial charge in [0.15, 0.2) is 0 Å². The van der Waals surface area contributed by atoms with E-state index in [0.717, 1.165) is 12.1 Å². The fourth-order valence-electron chi connectivity index (χ4n) is 1.99. The Morgan fingerprint density at radius 2 is 2.14 bits per heavy atom. The lowest BCUT2D eigenvalue weighted by atomic mass is 10.1. The zero-order valence-corrected chi connectivity index (χ0v) is 13.0. The van der Waals surface area contributed by atoms with Crippen LogP contribution in [0.3, 0.4) is 0 Å². The molecule has 0 bridgehead atoms. The Morgan fingerprint density at radius 3 is 2.68 bits per heavy atom. The molecule has 0 aliphatic carbocycles. The number of benzene rings is 1. The maximum Gasteiger partial charge on any atom is 0.242 e. The largest absolute Gasteiger partial charge is 0.350 e. The number of halogens is 3. The van der Waals surface area contributed by atoms with E-state index >= 15 is 0 Å². The molecule has 1 atom stereocenters. The lowest BCUT2D eigenvalue weighted by Gasteiger charge is -2.14. The van der Waals surface area contributed by atoms with E-state index < -0.39 is 17.7 Å². The first-order valence-corrected chi connectivity index (χ1v) is 6.38. The fourth-order valence-corrected chi connectivity index (χ4v) is 1.99. The molecule has 0 saturated carbocycles. The van der Waals surface area contributed by atoms with Crippen LogP contribution in [0.5, 0.6) is 0 Å². The molecule has 5 nitrogen and oxygen atoms in total. The molecule has 0 spiro atoms. The van der Waals surface area contributed by atoms with Crippen LogP contribution in [0.15, 0.2) is 30.6 Å². The summed E-state index contributed by atoms with van der Waals surface area (Å²) in [5, 5.41) is 9.49. The molecule has 0 radical (unpaired) electrons. The van der Waals surface area contributed by atoms with Crippen molar-refractivity contribution in [2.45, 2.75) is 12.6 Å². The average Bonchev–Trinajstić information content (AvgIpc) is 2.85. The Hall–Kier alpha value is -1.99. The van der Waals surface area contributed by atoms with Gasteiger partial charge >= 0.3 is 0 Å². The first kappa shape index (κ1) is 18.1. The van der Waals surface area contributed by atoms with Crippen molar-refractivity contribution < 1.29 is 13.6 Å². The zero-order chi connectivity index (χ0) is 15.4. The molecule has 22 heavy (non-hydrogen) atoms. The summed E-state index contributed by atoms with van der Waals surface area (Å²) in [7, 11) is 3.40. The van der Waals surface area contributed by atoms with Gasteiger partial charge in [-0.05, 0) is 13.1 Å². The minimum Gasteiger partial charge on any atom is -0.350 e. The highest BCUT2D eigenvalue weighted by Crippen LogP contribution is 2.13. The first-order chi connectivity index (χ1) is 10.0. The predicted octanol–water partition coefficient (Wildman–Crippen LogP) is 1.70. The summed E-state index contributed by atoms with van der Waals surface area (Å²) >= 11 is 0. The molecule has 0 saturated heterocycles. The van der Waals surface area contributed by atoms with Crippen LogP contribution in [-0.2, 0) is 18.4 Å². The van der Waals surface area contributed by atoms with Crippen molar-refractivity contribution >= 4 is 18.3 Å².